The maximum Gasteiger partial charge on any atom is 0.293 e. The van der Waals surface area contributed by atoms with Crippen LogP contribution >= 0.6 is 11.8 Å². The SMILES string of the molecule is COc1cc(/C=C2/SC(=O)N(CC(=O)c3ccccc3)C2=O)ccc1OCc1ccc(C)cc1. The van der Waals surface area contributed by atoms with E-state index < -0.39 is 11.1 Å². The van der Waals surface area contributed by atoms with Crippen molar-refractivity contribution in [1.82, 2.24) is 4.90 Å². The van der Waals surface area contributed by atoms with Gasteiger partial charge in [0, 0.05) is 5.56 Å². The average molecular weight is 474 g/mol. The lowest BCUT2D eigenvalue weighted by atomic mass is 10.1. The van der Waals surface area contributed by atoms with Crippen LogP contribution in [-0.2, 0) is 11.4 Å². The number of ether oxygens (including phenoxy) is 2. The first kappa shape index (κ1) is 23.3. The number of carbonyl (C=O) groups excluding carboxylic acids is 3. The van der Waals surface area contributed by atoms with Gasteiger partial charge in [-0.25, -0.2) is 0 Å². The van der Waals surface area contributed by atoms with Gasteiger partial charge in [-0.1, -0.05) is 66.2 Å². The van der Waals surface area contributed by atoms with Gasteiger partial charge in [-0.05, 0) is 48.0 Å². The Morgan fingerprint density at radius 2 is 1.71 bits per heavy atom. The average Bonchev–Trinajstić information content (AvgIpc) is 3.11. The Hall–Kier alpha value is -3.84. The highest BCUT2D eigenvalue weighted by atomic mass is 32.2. The Morgan fingerprint density at radius 3 is 2.41 bits per heavy atom. The predicted molar refractivity (Wildman–Crippen MR) is 132 cm³/mol. The molecule has 0 radical (unpaired) electrons. The van der Waals surface area contributed by atoms with Crippen LogP contribution < -0.4 is 9.47 Å². The second-order valence-electron chi connectivity index (χ2n) is 7.74. The molecule has 172 valence electrons. The van der Waals surface area contributed by atoms with E-state index in [4.69, 9.17) is 9.47 Å². The molecule has 0 bridgehead atoms. The van der Waals surface area contributed by atoms with Crippen LogP contribution in [0.1, 0.15) is 27.0 Å². The van der Waals surface area contributed by atoms with E-state index >= 15 is 0 Å². The molecule has 0 unspecified atom stereocenters. The number of hydrogen-bond acceptors (Lipinski definition) is 6. The summed E-state index contributed by atoms with van der Waals surface area (Å²) in [4.78, 5) is 38.9. The Bertz CT molecular complexity index is 1250. The monoisotopic (exact) mass is 473 g/mol. The molecule has 2 amide bonds. The number of nitrogens with zero attached hydrogens (tertiary/aromatic N) is 1. The van der Waals surface area contributed by atoms with E-state index in [1.54, 1.807) is 61.7 Å². The molecule has 0 N–H and O–H groups in total. The van der Waals surface area contributed by atoms with Gasteiger partial charge in [0.25, 0.3) is 11.1 Å². The van der Waals surface area contributed by atoms with Gasteiger partial charge in [0.2, 0.25) is 0 Å². The normalized spacial score (nSPS) is 14.5. The number of carbonyl (C=O) groups is 3. The molecule has 1 aliphatic rings. The van der Waals surface area contributed by atoms with Gasteiger partial charge in [-0.3, -0.25) is 19.3 Å². The van der Waals surface area contributed by atoms with Gasteiger partial charge in [0.05, 0.1) is 18.6 Å². The second-order valence-corrected chi connectivity index (χ2v) is 8.73. The quantitative estimate of drug-likeness (QED) is 0.318. The van der Waals surface area contributed by atoms with Gasteiger partial charge in [0.15, 0.2) is 17.3 Å². The van der Waals surface area contributed by atoms with Crippen LogP contribution in [0.25, 0.3) is 6.08 Å². The van der Waals surface area contributed by atoms with Crippen molar-refractivity contribution in [3.63, 3.8) is 0 Å². The van der Waals surface area contributed by atoms with Crippen molar-refractivity contribution < 1.29 is 23.9 Å². The molecule has 3 aromatic carbocycles. The number of methoxy groups -OCH3 is 1. The molecule has 1 fully saturated rings. The fourth-order valence-corrected chi connectivity index (χ4v) is 4.22. The van der Waals surface area contributed by atoms with Gasteiger partial charge < -0.3 is 9.47 Å². The third-order valence-corrected chi connectivity index (χ3v) is 6.18. The minimum Gasteiger partial charge on any atom is -0.493 e. The number of hydrogen-bond donors (Lipinski definition) is 0. The summed E-state index contributed by atoms with van der Waals surface area (Å²) in [6, 6.07) is 22.0. The van der Waals surface area contributed by atoms with Crippen LogP contribution in [0.3, 0.4) is 0 Å². The van der Waals surface area contributed by atoms with Crippen molar-refractivity contribution in [2.45, 2.75) is 13.5 Å². The lowest BCUT2D eigenvalue weighted by Gasteiger charge is -2.12. The number of ketones is 1. The zero-order chi connectivity index (χ0) is 24.1. The Balaban J connectivity index is 1.46. The fraction of sp³-hybridized carbons (Fsp3) is 0.148. The lowest BCUT2D eigenvalue weighted by Crippen LogP contribution is -2.33. The maximum absolute atomic E-state index is 12.8. The largest absolute Gasteiger partial charge is 0.493 e. The molecule has 3 aromatic rings. The third-order valence-electron chi connectivity index (χ3n) is 5.27. The van der Waals surface area contributed by atoms with Crippen LogP contribution in [0.4, 0.5) is 4.79 Å². The van der Waals surface area contributed by atoms with E-state index in [1.807, 2.05) is 31.2 Å². The summed E-state index contributed by atoms with van der Waals surface area (Å²) >= 11 is 0.814. The molecule has 1 saturated heterocycles. The number of imide groups is 1. The molecule has 0 spiro atoms. The third kappa shape index (κ3) is 5.38. The molecule has 1 heterocycles. The molecule has 0 aliphatic carbocycles. The zero-order valence-electron chi connectivity index (χ0n) is 18.8. The second kappa shape index (κ2) is 10.4. The molecular weight excluding hydrogens is 450 g/mol. The standard InChI is InChI=1S/C27H23NO5S/c1-18-8-10-19(11-9-18)17-33-23-13-12-20(14-24(23)32-2)15-25-26(30)28(27(31)34-25)16-22(29)21-6-4-3-5-7-21/h3-15H,16-17H2,1-2H3/b25-15+. The van der Waals surface area contributed by atoms with E-state index in [2.05, 4.69) is 0 Å². The van der Waals surface area contributed by atoms with Crippen molar-refractivity contribution in [3.05, 3.63) is 100.0 Å². The van der Waals surface area contributed by atoms with Gasteiger partial charge in [0.1, 0.15) is 6.61 Å². The summed E-state index contributed by atoms with van der Waals surface area (Å²) in [6.07, 6.45) is 1.62. The van der Waals surface area contributed by atoms with E-state index in [-0.39, 0.29) is 17.2 Å². The van der Waals surface area contributed by atoms with Gasteiger partial charge >= 0.3 is 0 Å². The van der Waals surface area contributed by atoms with Crippen molar-refractivity contribution >= 4 is 34.8 Å². The van der Waals surface area contributed by atoms with Crippen molar-refractivity contribution in [2.75, 3.05) is 13.7 Å². The van der Waals surface area contributed by atoms with Crippen molar-refractivity contribution in [2.24, 2.45) is 0 Å². The number of Topliss-reactive ketones (excluding diaryl/α,β-unsaturated/α-hetero) is 1. The maximum atomic E-state index is 12.8. The molecule has 4 rings (SSSR count). The Morgan fingerprint density at radius 1 is 0.971 bits per heavy atom. The Labute approximate surface area is 202 Å². The summed E-state index contributed by atoms with van der Waals surface area (Å²) in [7, 11) is 1.54. The molecule has 6 nitrogen and oxygen atoms in total. The van der Waals surface area contributed by atoms with E-state index in [0.717, 1.165) is 22.2 Å². The molecule has 34 heavy (non-hydrogen) atoms. The molecule has 0 aromatic heterocycles. The summed E-state index contributed by atoms with van der Waals surface area (Å²) < 4.78 is 11.4. The highest BCUT2D eigenvalue weighted by Gasteiger charge is 2.36. The van der Waals surface area contributed by atoms with Crippen molar-refractivity contribution in [3.8, 4) is 11.5 Å². The Kier molecular flexibility index (Phi) is 7.13. The van der Waals surface area contributed by atoms with Crippen LogP contribution in [0, 0.1) is 6.92 Å². The van der Waals surface area contributed by atoms with E-state index in [0.29, 0.717) is 29.2 Å². The number of thioether (sulfide) groups is 1. The zero-order valence-corrected chi connectivity index (χ0v) is 19.6. The van der Waals surface area contributed by atoms with E-state index in [1.165, 1.54) is 5.56 Å². The minimum absolute atomic E-state index is 0.251. The number of rotatable bonds is 8. The summed E-state index contributed by atoms with van der Waals surface area (Å²) in [6.45, 7) is 2.13. The smallest absolute Gasteiger partial charge is 0.293 e. The van der Waals surface area contributed by atoms with Gasteiger partial charge in [-0.15, -0.1) is 0 Å². The highest BCUT2D eigenvalue weighted by Crippen LogP contribution is 2.35. The van der Waals surface area contributed by atoms with Crippen LogP contribution in [0.2, 0.25) is 0 Å². The first-order valence-electron chi connectivity index (χ1n) is 10.6. The highest BCUT2D eigenvalue weighted by molar-refractivity contribution is 8.18. The topological polar surface area (TPSA) is 72.9 Å². The summed E-state index contributed by atoms with van der Waals surface area (Å²) in [5, 5.41) is -0.467. The van der Waals surface area contributed by atoms with Crippen LogP contribution in [0.5, 0.6) is 11.5 Å². The number of benzene rings is 3. The molecule has 7 heteroatoms. The van der Waals surface area contributed by atoms with E-state index in [9.17, 15) is 14.4 Å². The van der Waals surface area contributed by atoms with Crippen LogP contribution in [0.15, 0.2) is 77.7 Å². The first-order chi connectivity index (χ1) is 16.4. The van der Waals surface area contributed by atoms with Crippen LogP contribution in [-0.4, -0.2) is 35.5 Å². The lowest BCUT2D eigenvalue weighted by molar-refractivity contribution is -0.122. The summed E-state index contributed by atoms with van der Waals surface area (Å²) in [5.41, 5.74) is 3.35. The molecular formula is C27H23NO5S. The first-order valence-corrected chi connectivity index (χ1v) is 11.5. The fourth-order valence-electron chi connectivity index (χ4n) is 3.39. The number of aryl methyl sites for hydroxylation is 1. The minimum atomic E-state index is -0.488. The number of amides is 2. The van der Waals surface area contributed by atoms with Gasteiger partial charge in [-0.2, -0.15) is 0 Å². The van der Waals surface area contributed by atoms with Crippen molar-refractivity contribution in [1.29, 1.82) is 0 Å². The molecule has 0 atom stereocenters. The molecule has 0 saturated carbocycles. The predicted octanol–water partition coefficient (Wildman–Crippen LogP) is 5.50. The molecule has 1 aliphatic heterocycles. The summed E-state index contributed by atoms with van der Waals surface area (Å²) in [5.74, 6) is 0.306.